The molecular weight excluding hydrogens is 406 g/mol. The number of hydrogen-bond acceptors (Lipinski definition) is 5. The van der Waals surface area contributed by atoms with Gasteiger partial charge in [0.05, 0.1) is 18.3 Å². The van der Waals surface area contributed by atoms with Crippen LogP contribution in [0, 0.1) is 5.92 Å². The highest BCUT2D eigenvalue weighted by atomic mass is 16.3. The van der Waals surface area contributed by atoms with Crippen molar-refractivity contribution in [3.63, 3.8) is 0 Å². The van der Waals surface area contributed by atoms with Gasteiger partial charge in [-0.2, -0.15) is 0 Å². The van der Waals surface area contributed by atoms with E-state index in [2.05, 4.69) is 10.2 Å². The first kappa shape index (κ1) is 21.9. The number of furan rings is 1. The van der Waals surface area contributed by atoms with Gasteiger partial charge in [-0.25, -0.2) is 0 Å². The number of phenols is 1. The molecule has 1 fully saturated rings. The van der Waals surface area contributed by atoms with E-state index in [0.717, 1.165) is 16.7 Å². The van der Waals surface area contributed by atoms with Crippen LogP contribution in [0.5, 0.6) is 5.75 Å². The SMILES string of the molecule is CC(c1cc2ccccc2o1)N(C)C(=O)CN1CCC(C(=O)Nc2ccccc2O)CC1. The van der Waals surface area contributed by atoms with E-state index >= 15 is 0 Å². The topological polar surface area (TPSA) is 86.0 Å². The van der Waals surface area contributed by atoms with E-state index in [1.54, 1.807) is 36.2 Å². The molecule has 2 heterocycles. The Morgan fingerprint density at radius 2 is 1.84 bits per heavy atom. The third-order valence-corrected chi connectivity index (χ3v) is 6.31. The first-order valence-corrected chi connectivity index (χ1v) is 11.0. The number of aromatic hydroxyl groups is 1. The third kappa shape index (κ3) is 4.78. The minimum Gasteiger partial charge on any atom is -0.506 e. The van der Waals surface area contributed by atoms with Crippen molar-refractivity contribution in [2.45, 2.75) is 25.8 Å². The summed E-state index contributed by atoms with van der Waals surface area (Å²) in [6.45, 7) is 3.63. The molecule has 1 aromatic heterocycles. The van der Waals surface area contributed by atoms with Crippen LogP contribution in [0.15, 0.2) is 59.0 Å². The summed E-state index contributed by atoms with van der Waals surface area (Å²) in [5, 5.41) is 13.7. The highest BCUT2D eigenvalue weighted by molar-refractivity contribution is 5.94. The summed E-state index contributed by atoms with van der Waals surface area (Å²) in [5.74, 6) is 0.628. The van der Waals surface area contributed by atoms with Crippen LogP contribution in [0.4, 0.5) is 5.69 Å². The van der Waals surface area contributed by atoms with E-state index < -0.39 is 0 Å². The Kier molecular flexibility index (Phi) is 6.46. The molecule has 7 nitrogen and oxygen atoms in total. The summed E-state index contributed by atoms with van der Waals surface area (Å²) in [4.78, 5) is 29.2. The van der Waals surface area contributed by atoms with Crippen molar-refractivity contribution in [1.29, 1.82) is 0 Å². The lowest BCUT2D eigenvalue weighted by Gasteiger charge is -2.32. The van der Waals surface area contributed by atoms with Crippen molar-refractivity contribution in [2.24, 2.45) is 5.92 Å². The smallest absolute Gasteiger partial charge is 0.237 e. The molecule has 0 aliphatic carbocycles. The molecule has 1 aliphatic heterocycles. The number of likely N-dealkylation sites (tertiary alicyclic amines) is 1. The number of carbonyl (C=O) groups excluding carboxylic acids is 2. The Morgan fingerprint density at radius 1 is 1.16 bits per heavy atom. The van der Waals surface area contributed by atoms with E-state index in [1.165, 1.54) is 0 Å². The molecule has 0 radical (unpaired) electrons. The zero-order valence-corrected chi connectivity index (χ0v) is 18.5. The molecule has 32 heavy (non-hydrogen) atoms. The maximum atomic E-state index is 12.9. The number of anilines is 1. The van der Waals surface area contributed by atoms with Crippen molar-refractivity contribution >= 4 is 28.5 Å². The summed E-state index contributed by atoms with van der Waals surface area (Å²) in [6.07, 6.45) is 1.35. The highest BCUT2D eigenvalue weighted by Gasteiger charge is 2.28. The lowest BCUT2D eigenvalue weighted by molar-refractivity contribution is -0.133. The molecule has 168 valence electrons. The first-order valence-electron chi connectivity index (χ1n) is 11.0. The van der Waals surface area contributed by atoms with E-state index in [1.807, 2.05) is 37.3 Å². The van der Waals surface area contributed by atoms with Gasteiger partial charge >= 0.3 is 0 Å². The quantitative estimate of drug-likeness (QED) is 0.572. The Hall–Kier alpha value is -3.32. The average molecular weight is 436 g/mol. The van der Waals surface area contributed by atoms with Crippen molar-refractivity contribution in [3.05, 3.63) is 60.4 Å². The second kappa shape index (κ2) is 9.44. The van der Waals surface area contributed by atoms with Crippen molar-refractivity contribution < 1.29 is 19.1 Å². The van der Waals surface area contributed by atoms with Gasteiger partial charge in [-0.15, -0.1) is 0 Å². The predicted molar refractivity (Wildman–Crippen MR) is 123 cm³/mol. The molecule has 4 rings (SSSR count). The fourth-order valence-corrected chi connectivity index (χ4v) is 4.09. The lowest BCUT2D eigenvalue weighted by atomic mass is 9.95. The maximum Gasteiger partial charge on any atom is 0.237 e. The first-order chi connectivity index (χ1) is 15.4. The van der Waals surface area contributed by atoms with Gasteiger partial charge in [0.1, 0.15) is 17.1 Å². The summed E-state index contributed by atoms with van der Waals surface area (Å²) < 4.78 is 5.92. The fourth-order valence-electron chi connectivity index (χ4n) is 4.09. The standard InChI is InChI=1S/C25H29N3O4/c1-17(23-15-19-7-3-6-10-22(19)32-23)27(2)24(30)16-28-13-11-18(12-14-28)25(31)26-20-8-4-5-9-21(20)29/h3-10,15,17-18,29H,11-14,16H2,1-2H3,(H,26,31). The van der Waals surface area contributed by atoms with Gasteiger partial charge < -0.3 is 19.7 Å². The van der Waals surface area contributed by atoms with Gasteiger partial charge in [0.25, 0.3) is 0 Å². The lowest BCUT2D eigenvalue weighted by Crippen LogP contribution is -2.44. The van der Waals surface area contributed by atoms with Crippen LogP contribution in [0.3, 0.4) is 0 Å². The monoisotopic (exact) mass is 435 g/mol. The van der Waals surface area contributed by atoms with Crippen LogP contribution < -0.4 is 5.32 Å². The van der Waals surface area contributed by atoms with Crippen LogP contribution in [0.2, 0.25) is 0 Å². The molecule has 7 heteroatoms. The summed E-state index contributed by atoms with van der Waals surface area (Å²) >= 11 is 0. The summed E-state index contributed by atoms with van der Waals surface area (Å²) in [7, 11) is 1.80. The number of carbonyl (C=O) groups is 2. The van der Waals surface area contributed by atoms with Crippen molar-refractivity contribution in [1.82, 2.24) is 9.80 Å². The number of nitrogens with one attached hydrogen (secondary N) is 1. The largest absolute Gasteiger partial charge is 0.506 e. The van der Waals surface area contributed by atoms with Crippen LogP contribution in [-0.4, -0.2) is 53.4 Å². The summed E-state index contributed by atoms with van der Waals surface area (Å²) in [5.41, 5.74) is 1.25. The molecule has 0 saturated carbocycles. The molecule has 1 atom stereocenters. The second-order valence-electron chi connectivity index (χ2n) is 8.42. The molecule has 1 saturated heterocycles. The van der Waals surface area contributed by atoms with Gasteiger partial charge in [0.2, 0.25) is 11.8 Å². The van der Waals surface area contributed by atoms with Crippen LogP contribution >= 0.6 is 0 Å². The van der Waals surface area contributed by atoms with E-state index in [0.29, 0.717) is 38.2 Å². The number of rotatable bonds is 6. The van der Waals surface area contributed by atoms with E-state index in [9.17, 15) is 14.7 Å². The van der Waals surface area contributed by atoms with Crippen molar-refractivity contribution in [3.8, 4) is 5.75 Å². The van der Waals surface area contributed by atoms with Gasteiger partial charge in [0, 0.05) is 18.4 Å². The number of benzene rings is 2. The second-order valence-corrected chi connectivity index (χ2v) is 8.42. The third-order valence-electron chi connectivity index (χ3n) is 6.31. The Bertz CT molecular complexity index is 1070. The Balaban J connectivity index is 1.28. The predicted octanol–water partition coefficient (Wildman–Crippen LogP) is 4.01. The number of piperidine rings is 1. The number of likely N-dealkylation sites (N-methyl/N-ethyl adjacent to an activating group) is 1. The van der Waals surface area contributed by atoms with Crippen LogP contribution in [0.25, 0.3) is 11.0 Å². The van der Waals surface area contributed by atoms with Gasteiger partial charge in [0.15, 0.2) is 0 Å². The molecular formula is C25H29N3O4. The maximum absolute atomic E-state index is 12.9. The normalized spacial score (nSPS) is 16.1. The van der Waals surface area contributed by atoms with Crippen LogP contribution in [-0.2, 0) is 9.59 Å². The molecule has 3 aromatic rings. The molecule has 1 aliphatic rings. The molecule has 0 spiro atoms. The van der Waals surface area contributed by atoms with Crippen LogP contribution in [0.1, 0.15) is 31.6 Å². The number of hydrogen-bond donors (Lipinski definition) is 2. The zero-order valence-electron chi connectivity index (χ0n) is 18.5. The molecule has 2 amide bonds. The number of fused-ring (bicyclic) bond motifs is 1. The van der Waals surface area contributed by atoms with E-state index in [4.69, 9.17) is 4.42 Å². The Labute approximate surface area is 187 Å². The summed E-state index contributed by atoms with van der Waals surface area (Å²) in [6, 6.07) is 16.3. The minimum absolute atomic E-state index is 0.0232. The number of amides is 2. The number of para-hydroxylation sites is 3. The number of nitrogens with zero attached hydrogens (tertiary/aromatic N) is 2. The average Bonchev–Trinajstić information content (AvgIpc) is 3.24. The highest BCUT2D eigenvalue weighted by Crippen LogP contribution is 2.28. The van der Waals surface area contributed by atoms with Gasteiger partial charge in [-0.3, -0.25) is 14.5 Å². The van der Waals surface area contributed by atoms with Gasteiger partial charge in [-0.1, -0.05) is 30.3 Å². The van der Waals surface area contributed by atoms with Crippen molar-refractivity contribution in [2.75, 3.05) is 32.0 Å². The van der Waals surface area contributed by atoms with Gasteiger partial charge in [-0.05, 0) is 57.1 Å². The fraction of sp³-hybridized carbons (Fsp3) is 0.360. The number of phenolic OH excluding ortho intramolecular Hbond substituents is 1. The molecule has 1 unspecified atom stereocenters. The molecule has 0 bridgehead atoms. The molecule has 2 N–H and O–H groups in total. The Morgan fingerprint density at radius 3 is 2.56 bits per heavy atom. The van der Waals surface area contributed by atoms with E-state index in [-0.39, 0.29) is 29.5 Å². The minimum atomic E-state index is -0.170. The molecule has 2 aromatic carbocycles. The zero-order chi connectivity index (χ0) is 22.7.